The van der Waals surface area contributed by atoms with Crippen molar-refractivity contribution in [3.05, 3.63) is 0 Å². The number of likely N-dealkylation sites (tertiary alicyclic amines) is 1. The average Bonchev–Trinajstić information content (AvgIpc) is 2.26. The van der Waals surface area contributed by atoms with Crippen molar-refractivity contribution in [1.29, 1.82) is 0 Å². The Morgan fingerprint density at radius 1 is 1.27 bits per heavy atom. The Kier molecular flexibility index (Phi) is 6.26. The molecule has 1 N–H and O–H groups in total. The van der Waals surface area contributed by atoms with E-state index >= 15 is 0 Å². The van der Waals surface area contributed by atoms with Crippen molar-refractivity contribution in [3.63, 3.8) is 0 Å². The van der Waals surface area contributed by atoms with Gasteiger partial charge in [-0.15, -0.1) is 0 Å². The average molecular weight is 212 g/mol. The second kappa shape index (κ2) is 7.24. The van der Waals surface area contributed by atoms with Gasteiger partial charge < -0.3 is 5.32 Å². The van der Waals surface area contributed by atoms with Crippen LogP contribution in [0.3, 0.4) is 0 Å². The summed E-state index contributed by atoms with van der Waals surface area (Å²) in [5.74, 6) is 0.947. The molecule has 0 aromatic carbocycles. The van der Waals surface area contributed by atoms with Crippen molar-refractivity contribution >= 4 is 0 Å². The van der Waals surface area contributed by atoms with Gasteiger partial charge in [0.2, 0.25) is 0 Å². The zero-order valence-electron chi connectivity index (χ0n) is 10.8. The van der Waals surface area contributed by atoms with Crippen LogP contribution in [0, 0.1) is 5.92 Å². The summed E-state index contributed by atoms with van der Waals surface area (Å²) in [4.78, 5) is 2.68. The first-order valence-electron chi connectivity index (χ1n) is 6.72. The Labute approximate surface area is 95.4 Å². The smallest absolute Gasteiger partial charge is 0.0218 e. The fourth-order valence-corrected chi connectivity index (χ4v) is 2.37. The summed E-state index contributed by atoms with van der Waals surface area (Å²) in [5, 5.41) is 3.55. The van der Waals surface area contributed by atoms with Gasteiger partial charge in [0, 0.05) is 12.6 Å². The lowest BCUT2D eigenvalue weighted by atomic mass is 9.97. The van der Waals surface area contributed by atoms with Gasteiger partial charge in [0.25, 0.3) is 0 Å². The van der Waals surface area contributed by atoms with E-state index in [1.54, 1.807) is 0 Å². The van der Waals surface area contributed by atoms with Crippen molar-refractivity contribution in [2.75, 3.05) is 26.2 Å². The highest BCUT2D eigenvalue weighted by atomic mass is 15.2. The van der Waals surface area contributed by atoms with E-state index in [2.05, 4.69) is 31.0 Å². The number of hydrogen-bond donors (Lipinski definition) is 1. The second-order valence-corrected chi connectivity index (χ2v) is 4.98. The van der Waals surface area contributed by atoms with E-state index in [0.29, 0.717) is 0 Å². The van der Waals surface area contributed by atoms with Gasteiger partial charge in [0.05, 0.1) is 0 Å². The fourth-order valence-electron chi connectivity index (χ4n) is 2.37. The first-order chi connectivity index (χ1) is 7.27. The third kappa shape index (κ3) is 4.52. The lowest BCUT2D eigenvalue weighted by molar-refractivity contribution is 0.132. The molecule has 1 fully saturated rings. The molecule has 15 heavy (non-hydrogen) atoms. The van der Waals surface area contributed by atoms with Gasteiger partial charge in [-0.3, -0.25) is 4.90 Å². The van der Waals surface area contributed by atoms with Crippen molar-refractivity contribution in [1.82, 2.24) is 10.2 Å². The highest BCUT2D eigenvalue weighted by Crippen LogP contribution is 2.18. The monoisotopic (exact) mass is 212 g/mol. The molecule has 0 radical (unpaired) electrons. The molecule has 1 unspecified atom stereocenters. The van der Waals surface area contributed by atoms with Crippen molar-refractivity contribution in [3.8, 4) is 0 Å². The van der Waals surface area contributed by atoms with Crippen LogP contribution in [0.5, 0.6) is 0 Å². The van der Waals surface area contributed by atoms with E-state index in [-0.39, 0.29) is 0 Å². The fraction of sp³-hybridized carbons (Fsp3) is 1.00. The van der Waals surface area contributed by atoms with Crippen molar-refractivity contribution < 1.29 is 0 Å². The quantitative estimate of drug-likeness (QED) is 0.681. The van der Waals surface area contributed by atoms with Crippen LogP contribution in [0.4, 0.5) is 0 Å². The van der Waals surface area contributed by atoms with Crippen LogP contribution in [0.15, 0.2) is 0 Å². The molecule has 2 nitrogen and oxygen atoms in total. The van der Waals surface area contributed by atoms with Gasteiger partial charge in [0.1, 0.15) is 0 Å². The minimum Gasteiger partial charge on any atom is -0.315 e. The topological polar surface area (TPSA) is 15.3 Å². The molecule has 0 saturated carbocycles. The van der Waals surface area contributed by atoms with Crippen LogP contribution >= 0.6 is 0 Å². The third-order valence-electron chi connectivity index (χ3n) is 3.61. The summed E-state index contributed by atoms with van der Waals surface area (Å²) < 4.78 is 0. The molecule has 1 rings (SSSR count). The second-order valence-electron chi connectivity index (χ2n) is 4.98. The van der Waals surface area contributed by atoms with Crippen LogP contribution in [0.2, 0.25) is 0 Å². The molecule has 0 aromatic heterocycles. The standard InChI is InChI=1S/C13H28N2/c1-4-8-14-11-13(5-2)15-9-6-12(3)7-10-15/h12-14H,4-11H2,1-3H3. The maximum absolute atomic E-state index is 3.55. The van der Waals surface area contributed by atoms with Crippen LogP contribution in [0.25, 0.3) is 0 Å². The normalized spacial score (nSPS) is 21.8. The highest BCUT2D eigenvalue weighted by Gasteiger charge is 2.21. The molecule has 1 saturated heterocycles. The van der Waals surface area contributed by atoms with Gasteiger partial charge in [-0.1, -0.05) is 20.8 Å². The molecule has 90 valence electrons. The van der Waals surface area contributed by atoms with E-state index in [1.165, 1.54) is 51.9 Å². The van der Waals surface area contributed by atoms with Gasteiger partial charge in [-0.25, -0.2) is 0 Å². The molecule has 0 aromatic rings. The Bertz CT molecular complexity index is 151. The summed E-state index contributed by atoms with van der Waals surface area (Å²) in [6.45, 7) is 11.9. The lowest BCUT2D eigenvalue weighted by Gasteiger charge is -2.36. The van der Waals surface area contributed by atoms with E-state index in [4.69, 9.17) is 0 Å². The van der Waals surface area contributed by atoms with Gasteiger partial charge in [-0.2, -0.15) is 0 Å². The third-order valence-corrected chi connectivity index (χ3v) is 3.61. The predicted molar refractivity (Wildman–Crippen MR) is 67.2 cm³/mol. The maximum atomic E-state index is 3.55. The number of nitrogens with one attached hydrogen (secondary N) is 1. The Morgan fingerprint density at radius 3 is 2.47 bits per heavy atom. The molecular weight excluding hydrogens is 184 g/mol. The van der Waals surface area contributed by atoms with E-state index in [9.17, 15) is 0 Å². The zero-order chi connectivity index (χ0) is 11.1. The molecule has 1 heterocycles. The summed E-state index contributed by atoms with van der Waals surface area (Å²) in [7, 11) is 0. The van der Waals surface area contributed by atoms with E-state index in [0.717, 1.165) is 12.0 Å². The SMILES string of the molecule is CCCNCC(CC)N1CCC(C)CC1. The van der Waals surface area contributed by atoms with Crippen molar-refractivity contribution in [2.45, 2.75) is 52.5 Å². The molecule has 1 aliphatic rings. The van der Waals surface area contributed by atoms with Gasteiger partial charge >= 0.3 is 0 Å². The number of piperidine rings is 1. The molecular formula is C13H28N2. The van der Waals surface area contributed by atoms with Crippen molar-refractivity contribution in [2.24, 2.45) is 5.92 Å². The molecule has 1 atom stereocenters. The number of nitrogens with zero attached hydrogens (tertiary/aromatic N) is 1. The van der Waals surface area contributed by atoms with Crippen LogP contribution in [0.1, 0.15) is 46.5 Å². The van der Waals surface area contributed by atoms with Crippen LogP contribution in [-0.2, 0) is 0 Å². The van der Waals surface area contributed by atoms with E-state index in [1.807, 2.05) is 0 Å². The maximum Gasteiger partial charge on any atom is 0.0218 e. The van der Waals surface area contributed by atoms with Crippen LogP contribution < -0.4 is 5.32 Å². The number of rotatable bonds is 6. The Morgan fingerprint density at radius 2 is 1.93 bits per heavy atom. The Hall–Kier alpha value is -0.0800. The molecule has 0 aliphatic carbocycles. The van der Waals surface area contributed by atoms with Crippen LogP contribution in [-0.4, -0.2) is 37.1 Å². The van der Waals surface area contributed by atoms with Gasteiger partial charge in [0.15, 0.2) is 0 Å². The summed E-state index contributed by atoms with van der Waals surface area (Å²) in [6.07, 6.45) is 5.31. The molecule has 0 spiro atoms. The number of hydrogen-bond acceptors (Lipinski definition) is 2. The summed E-state index contributed by atoms with van der Waals surface area (Å²) in [6, 6.07) is 0.768. The minimum atomic E-state index is 0.768. The highest BCUT2D eigenvalue weighted by molar-refractivity contribution is 4.77. The lowest BCUT2D eigenvalue weighted by Crippen LogP contribution is -2.45. The zero-order valence-corrected chi connectivity index (χ0v) is 10.8. The van der Waals surface area contributed by atoms with Gasteiger partial charge in [-0.05, 0) is 51.2 Å². The molecule has 0 amide bonds. The first-order valence-corrected chi connectivity index (χ1v) is 6.72. The Balaban J connectivity index is 2.24. The molecule has 2 heteroatoms. The summed E-state index contributed by atoms with van der Waals surface area (Å²) >= 11 is 0. The minimum absolute atomic E-state index is 0.768. The van der Waals surface area contributed by atoms with E-state index < -0.39 is 0 Å². The molecule has 1 aliphatic heterocycles. The molecule has 0 bridgehead atoms. The largest absolute Gasteiger partial charge is 0.315 e. The summed E-state index contributed by atoms with van der Waals surface area (Å²) in [5.41, 5.74) is 0. The first kappa shape index (κ1) is 13.0. The predicted octanol–water partition coefficient (Wildman–Crippen LogP) is 2.50.